The molecule has 1 fully saturated rings. The lowest BCUT2D eigenvalue weighted by molar-refractivity contribution is 0.0425. The molecule has 0 aliphatic heterocycles. The van der Waals surface area contributed by atoms with Crippen LogP contribution in [0.4, 0.5) is 34.7 Å². The molecular weight excluding hydrogens is 834 g/mol. The number of carbonyl (C=O) groups is 3. The van der Waals surface area contributed by atoms with Crippen molar-refractivity contribution in [2.45, 2.75) is 142 Å². The number of benzene rings is 2. The topological polar surface area (TPSA) is 171 Å². The zero-order chi connectivity index (χ0) is 45.4. The van der Waals surface area contributed by atoms with Crippen molar-refractivity contribution in [2.24, 2.45) is 0 Å². The van der Waals surface area contributed by atoms with E-state index in [4.69, 9.17) is 30.9 Å². The van der Waals surface area contributed by atoms with Crippen molar-refractivity contribution in [3.63, 3.8) is 0 Å². The minimum atomic E-state index is -4.28. The van der Waals surface area contributed by atoms with E-state index in [2.05, 4.69) is 15.0 Å². The van der Waals surface area contributed by atoms with E-state index in [1.807, 2.05) is 13.8 Å². The molecule has 61 heavy (non-hydrogen) atoms. The molecule has 2 aromatic heterocycles. The molecule has 5 rings (SSSR count). The van der Waals surface area contributed by atoms with E-state index in [0.29, 0.717) is 47.7 Å². The molecule has 2 N–H and O–H groups in total. The number of sulfonamides is 1. The Labute approximate surface area is 360 Å². The molecule has 0 unspecified atom stereocenters. The van der Waals surface area contributed by atoms with E-state index in [0.717, 1.165) is 6.07 Å². The number of ether oxygens (including phenoxy) is 3. The Bertz CT molecular complexity index is 2390. The van der Waals surface area contributed by atoms with Crippen LogP contribution in [0.3, 0.4) is 0 Å². The molecular formula is C43H55ClF2N6O8S. The highest BCUT2D eigenvalue weighted by atomic mass is 35.5. The summed E-state index contributed by atoms with van der Waals surface area (Å²) in [6.45, 7) is 18.7. The second kappa shape index (κ2) is 17.8. The first-order valence-corrected chi connectivity index (χ1v) is 22.1. The molecule has 2 aromatic carbocycles. The molecule has 0 bridgehead atoms. The lowest BCUT2D eigenvalue weighted by Crippen LogP contribution is -2.44. The zero-order valence-corrected chi connectivity index (χ0v) is 38.0. The number of fused-ring (bicyclic) bond motifs is 1. The Balaban J connectivity index is 1.69. The van der Waals surface area contributed by atoms with Gasteiger partial charge in [-0.3, -0.25) is 9.40 Å². The van der Waals surface area contributed by atoms with Crippen LogP contribution in [0, 0.1) is 11.6 Å². The van der Waals surface area contributed by atoms with Crippen molar-refractivity contribution in [1.29, 1.82) is 0 Å². The zero-order valence-electron chi connectivity index (χ0n) is 36.4. The molecule has 4 aromatic rings. The number of halogens is 3. The van der Waals surface area contributed by atoms with E-state index in [-0.39, 0.29) is 39.4 Å². The number of imide groups is 1. The third-order valence-corrected chi connectivity index (χ3v) is 10.9. The van der Waals surface area contributed by atoms with Gasteiger partial charge in [0.1, 0.15) is 34.1 Å². The Morgan fingerprint density at radius 3 is 2.00 bits per heavy atom. The van der Waals surface area contributed by atoms with Gasteiger partial charge in [-0.15, -0.1) is 0 Å². The first-order chi connectivity index (χ1) is 28.1. The lowest BCUT2D eigenvalue weighted by Gasteiger charge is -2.31. The van der Waals surface area contributed by atoms with Crippen molar-refractivity contribution in [1.82, 2.24) is 20.1 Å². The second-order valence-electron chi connectivity index (χ2n) is 18.4. The van der Waals surface area contributed by atoms with Crippen LogP contribution in [-0.4, -0.2) is 64.3 Å². The number of amides is 3. The Hall–Kier alpha value is -5.03. The predicted molar refractivity (Wildman–Crippen MR) is 230 cm³/mol. The monoisotopic (exact) mass is 888 g/mol. The van der Waals surface area contributed by atoms with Crippen molar-refractivity contribution in [2.75, 3.05) is 9.62 Å². The average molecular weight is 889 g/mol. The van der Waals surface area contributed by atoms with Crippen LogP contribution in [-0.2, 0) is 30.0 Å². The molecule has 0 radical (unpaired) electrons. The number of nitrogens with one attached hydrogen (secondary N) is 2. The quantitative estimate of drug-likeness (QED) is 0.154. The van der Waals surface area contributed by atoms with Gasteiger partial charge in [0, 0.05) is 34.9 Å². The van der Waals surface area contributed by atoms with Gasteiger partial charge in [0.25, 0.3) is 0 Å². The summed E-state index contributed by atoms with van der Waals surface area (Å²) in [5.41, 5.74) is -2.81. The fraction of sp³-hybridized carbons (Fsp3) is 0.512. The SMILES string of the molecule is CC(C)n1nc(-c2cc(F)c(NS(=O)(=O)Cc3ccccc3Cl)cc2F)c2c(N(C(=O)OC(C)(C)C)C(=O)OC(C)(C)C)ncc(C3CCC(NC(=O)OC(C)(C)C)CC3)c21. The molecule has 18 heteroatoms. The minimum absolute atomic E-state index is 0.0160. The van der Waals surface area contributed by atoms with Gasteiger partial charge in [0.2, 0.25) is 10.0 Å². The molecule has 0 spiro atoms. The van der Waals surface area contributed by atoms with Crippen LogP contribution in [0.15, 0.2) is 42.6 Å². The highest BCUT2D eigenvalue weighted by molar-refractivity contribution is 7.91. The number of nitrogens with zero attached hydrogens (tertiary/aromatic N) is 4. The summed E-state index contributed by atoms with van der Waals surface area (Å²) in [7, 11) is -4.28. The molecule has 1 aliphatic rings. The van der Waals surface area contributed by atoms with Crippen molar-refractivity contribution >= 4 is 62.3 Å². The molecule has 0 atom stereocenters. The van der Waals surface area contributed by atoms with Crippen LogP contribution in [0.1, 0.15) is 125 Å². The summed E-state index contributed by atoms with van der Waals surface area (Å²) in [4.78, 5) is 46.0. The Morgan fingerprint density at radius 2 is 1.46 bits per heavy atom. The van der Waals surface area contributed by atoms with Crippen LogP contribution >= 0.6 is 11.6 Å². The highest BCUT2D eigenvalue weighted by Crippen LogP contribution is 2.44. The maximum Gasteiger partial charge on any atom is 0.425 e. The van der Waals surface area contributed by atoms with Gasteiger partial charge in [-0.05, 0) is 131 Å². The number of pyridine rings is 1. The minimum Gasteiger partial charge on any atom is -0.444 e. The molecule has 3 amide bonds. The highest BCUT2D eigenvalue weighted by Gasteiger charge is 2.39. The number of rotatable bonds is 9. The fourth-order valence-corrected chi connectivity index (χ4v) is 8.43. The van der Waals surface area contributed by atoms with Gasteiger partial charge < -0.3 is 19.5 Å². The summed E-state index contributed by atoms with van der Waals surface area (Å²) in [5.74, 6) is -3.31. The third-order valence-electron chi connectivity index (χ3n) is 9.36. The largest absolute Gasteiger partial charge is 0.444 e. The maximum absolute atomic E-state index is 16.6. The van der Waals surface area contributed by atoms with Crippen LogP contribution in [0.5, 0.6) is 0 Å². The first kappa shape index (κ1) is 47.0. The van der Waals surface area contributed by atoms with E-state index in [1.165, 1.54) is 18.3 Å². The average Bonchev–Trinajstić information content (AvgIpc) is 3.50. The summed E-state index contributed by atoms with van der Waals surface area (Å²) in [5, 5.41) is 7.94. The van der Waals surface area contributed by atoms with Gasteiger partial charge in [0.05, 0.1) is 22.3 Å². The van der Waals surface area contributed by atoms with Crippen molar-refractivity contribution in [3.05, 3.63) is 70.4 Å². The molecule has 14 nitrogen and oxygen atoms in total. The van der Waals surface area contributed by atoms with Crippen LogP contribution < -0.4 is 14.9 Å². The van der Waals surface area contributed by atoms with E-state index in [1.54, 1.807) is 79.1 Å². The number of aromatic nitrogens is 3. The van der Waals surface area contributed by atoms with E-state index < -0.39 is 79.8 Å². The molecule has 2 heterocycles. The Morgan fingerprint density at radius 1 is 0.885 bits per heavy atom. The van der Waals surface area contributed by atoms with Crippen molar-refractivity contribution in [3.8, 4) is 11.3 Å². The van der Waals surface area contributed by atoms with Crippen LogP contribution in [0.2, 0.25) is 5.02 Å². The van der Waals surface area contributed by atoms with E-state index in [9.17, 15) is 22.8 Å². The lowest BCUT2D eigenvalue weighted by atomic mass is 9.81. The third kappa shape index (κ3) is 11.9. The molecule has 1 aliphatic carbocycles. The number of carbonyl (C=O) groups excluding carboxylic acids is 3. The smallest absolute Gasteiger partial charge is 0.425 e. The van der Waals surface area contributed by atoms with Gasteiger partial charge in [0.15, 0.2) is 5.82 Å². The summed E-state index contributed by atoms with van der Waals surface area (Å²) in [6, 6.07) is 7.16. The number of hydrogen-bond acceptors (Lipinski definition) is 10. The first-order valence-electron chi connectivity index (χ1n) is 20.0. The fourth-order valence-electron chi connectivity index (χ4n) is 6.93. The predicted octanol–water partition coefficient (Wildman–Crippen LogP) is 10.8. The van der Waals surface area contributed by atoms with Gasteiger partial charge in [-0.25, -0.2) is 36.6 Å². The number of hydrogen-bond donors (Lipinski definition) is 2. The van der Waals surface area contributed by atoms with Gasteiger partial charge in [-0.1, -0.05) is 29.8 Å². The Kier molecular flexibility index (Phi) is 13.7. The second-order valence-corrected chi connectivity index (χ2v) is 20.5. The summed E-state index contributed by atoms with van der Waals surface area (Å²) < 4.78 is 79.6. The van der Waals surface area contributed by atoms with E-state index >= 15 is 8.78 Å². The van der Waals surface area contributed by atoms with Gasteiger partial charge in [-0.2, -0.15) is 10.00 Å². The molecule has 332 valence electrons. The van der Waals surface area contributed by atoms with Crippen LogP contribution in [0.25, 0.3) is 22.2 Å². The maximum atomic E-state index is 16.6. The normalized spacial score (nSPS) is 16.3. The molecule has 0 saturated heterocycles. The standard InChI is InChI=1S/C43H55ClF2N6O8S/c1-24(2)52-36-29(25-16-18-27(19-17-25)48-38(53)58-41(3,4)5)22-47-37(51(39(54)59-42(6,7)8)40(55)60-43(9,10)11)34(36)35(49-52)28-20-32(46)33(21-31(28)45)50-61(56,57)23-26-14-12-13-15-30(26)44/h12-15,20-22,24-25,27,50H,16-19,23H2,1-11H3,(H,48,53). The number of alkyl carbamates (subject to hydrolysis) is 1. The summed E-state index contributed by atoms with van der Waals surface area (Å²) >= 11 is 6.17. The molecule has 1 saturated carbocycles. The summed E-state index contributed by atoms with van der Waals surface area (Å²) in [6.07, 6.45) is 1.02. The van der Waals surface area contributed by atoms with Gasteiger partial charge >= 0.3 is 18.3 Å². The van der Waals surface area contributed by atoms with Crippen molar-refractivity contribution < 1.29 is 45.8 Å². The number of anilines is 2.